The van der Waals surface area contributed by atoms with Gasteiger partial charge >= 0.3 is 0 Å². The third-order valence-electron chi connectivity index (χ3n) is 1.95. The molecule has 3 heteroatoms. The van der Waals surface area contributed by atoms with Gasteiger partial charge in [0.1, 0.15) is 0 Å². The van der Waals surface area contributed by atoms with E-state index >= 15 is 0 Å². The molecule has 1 aromatic rings. The minimum atomic E-state index is 0.880. The van der Waals surface area contributed by atoms with E-state index in [4.69, 9.17) is 0 Å². The number of aliphatic imine (C=N–C) groups is 1. The Balaban J connectivity index is 2.21. The first-order chi connectivity index (χ1) is 6.34. The van der Waals surface area contributed by atoms with Crippen LogP contribution < -0.4 is 10.6 Å². The van der Waals surface area contributed by atoms with Crippen LogP contribution in [0.15, 0.2) is 29.3 Å². The second kappa shape index (κ2) is 3.47. The maximum atomic E-state index is 4.41. The van der Waals surface area contributed by atoms with E-state index in [0.29, 0.717) is 0 Å². The van der Waals surface area contributed by atoms with Gasteiger partial charge in [0.15, 0.2) is 5.96 Å². The standard InChI is InChI=1S/C10H13N3/c1-8-3-2-4-9(7-8)13-10-11-5-6-12-10/h2-4,7H,5-6H2,1H3,(H2,11,12,13). The first-order valence-electron chi connectivity index (χ1n) is 4.48. The minimum absolute atomic E-state index is 0.880. The summed E-state index contributed by atoms with van der Waals surface area (Å²) in [5.41, 5.74) is 2.23. The summed E-state index contributed by atoms with van der Waals surface area (Å²) in [6.45, 7) is 3.99. The first kappa shape index (κ1) is 8.10. The summed E-state index contributed by atoms with van der Waals surface area (Å²) >= 11 is 0. The van der Waals surface area contributed by atoms with Crippen LogP contribution in [0.4, 0.5) is 5.69 Å². The molecule has 0 spiro atoms. The van der Waals surface area contributed by atoms with E-state index in [9.17, 15) is 0 Å². The van der Waals surface area contributed by atoms with E-state index in [1.54, 1.807) is 0 Å². The van der Waals surface area contributed by atoms with Crippen LogP contribution in [0.5, 0.6) is 0 Å². The normalized spacial score (nSPS) is 15.0. The minimum Gasteiger partial charge on any atom is -0.354 e. The smallest absolute Gasteiger partial charge is 0.196 e. The quantitative estimate of drug-likeness (QED) is 0.672. The Morgan fingerprint density at radius 1 is 1.23 bits per heavy atom. The molecule has 1 aromatic carbocycles. The molecule has 0 saturated carbocycles. The largest absolute Gasteiger partial charge is 0.354 e. The maximum absolute atomic E-state index is 4.41. The Kier molecular flexibility index (Phi) is 2.17. The number of hydrogen-bond acceptors (Lipinski definition) is 1. The number of rotatable bonds is 1. The van der Waals surface area contributed by atoms with E-state index in [1.165, 1.54) is 5.56 Å². The van der Waals surface area contributed by atoms with Gasteiger partial charge in [-0.1, -0.05) is 12.1 Å². The lowest BCUT2D eigenvalue weighted by atomic mass is 10.2. The van der Waals surface area contributed by atoms with Crippen molar-refractivity contribution in [1.82, 2.24) is 10.6 Å². The van der Waals surface area contributed by atoms with Crippen molar-refractivity contribution in [2.75, 3.05) is 13.1 Å². The monoisotopic (exact) mass is 175 g/mol. The zero-order chi connectivity index (χ0) is 9.10. The van der Waals surface area contributed by atoms with E-state index in [2.05, 4.69) is 34.7 Å². The molecule has 1 heterocycles. The summed E-state index contributed by atoms with van der Waals surface area (Å²) in [4.78, 5) is 4.41. The first-order valence-corrected chi connectivity index (χ1v) is 4.48. The fourth-order valence-corrected chi connectivity index (χ4v) is 1.33. The van der Waals surface area contributed by atoms with Crippen molar-refractivity contribution in [2.45, 2.75) is 6.92 Å². The van der Waals surface area contributed by atoms with Gasteiger partial charge in [-0.3, -0.25) is 0 Å². The van der Waals surface area contributed by atoms with Gasteiger partial charge in [-0.2, -0.15) is 0 Å². The third kappa shape index (κ3) is 1.99. The van der Waals surface area contributed by atoms with Crippen molar-refractivity contribution in [3.05, 3.63) is 29.8 Å². The lowest BCUT2D eigenvalue weighted by Gasteiger charge is -1.99. The molecule has 2 rings (SSSR count). The SMILES string of the molecule is Cc1cccc(N=C2NCCN2)c1. The van der Waals surface area contributed by atoms with Gasteiger partial charge in [-0.05, 0) is 24.6 Å². The van der Waals surface area contributed by atoms with Crippen molar-refractivity contribution in [1.29, 1.82) is 0 Å². The number of benzene rings is 1. The van der Waals surface area contributed by atoms with E-state index in [-0.39, 0.29) is 0 Å². The zero-order valence-electron chi connectivity index (χ0n) is 7.67. The molecule has 2 N–H and O–H groups in total. The highest BCUT2D eigenvalue weighted by molar-refractivity contribution is 5.84. The lowest BCUT2D eigenvalue weighted by Crippen LogP contribution is -2.23. The molecule has 0 aliphatic carbocycles. The molecule has 0 aromatic heterocycles. The van der Waals surface area contributed by atoms with Gasteiger partial charge in [-0.25, -0.2) is 4.99 Å². The molecule has 1 aliphatic heterocycles. The molecule has 0 amide bonds. The number of aryl methyl sites for hydroxylation is 1. The molecule has 0 bridgehead atoms. The molecule has 1 aliphatic rings. The molecular weight excluding hydrogens is 162 g/mol. The molecule has 13 heavy (non-hydrogen) atoms. The number of nitrogens with one attached hydrogen (secondary N) is 2. The molecule has 0 radical (unpaired) electrons. The van der Waals surface area contributed by atoms with Gasteiger partial charge in [0.05, 0.1) is 5.69 Å². The Morgan fingerprint density at radius 3 is 2.69 bits per heavy atom. The molecule has 1 saturated heterocycles. The predicted octanol–water partition coefficient (Wildman–Crippen LogP) is 1.18. The van der Waals surface area contributed by atoms with E-state index in [1.807, 2.05) is 12.1 Å². The second-order valence-electron chi connectivity index (χ2n) is 3.15. The lowest BCUT2D eigenvalue weighted by molar-refractivity contribution is 0.942. The summed E-state index contributed by atoms with van der Waals surface area (Å²) in [5, 5.41) is 6.33. The number of guanidine groups is 1. The molecule has 68 valence electrons. The maximum Gasteiger partial charge on any atom is 0.196 e. The topological polar surface area (TPSA) is 36.4 Å². The van der Waals surface area contributed by atoms with E-state index < -0.39 is 0 Å². The zero-order valence-corrected chi connectivity index (χ0v) is 7.67. The highest BCUT2D eigenvalue weighted by atomic mass is 15.2. The van der Waals surface area contributed by atoms with Crippen LogP contribution in [0.3, 0.4) is 0 Å². The molecule has 3 nitrogen and oxygen atoms in total. The molecule has 1 fully saturated rings. The van der Waals surface area contributed by atoms with Gasteiger partial charge < -0.3 is 10.6 Å². The summed E-state index contributed by atoms with van der Waals surface area (Å²) in [7, 11) is 0. The van der Waals surface area contributed by atoms with Crippen LogP contribution in [0.1, 0.15) is 5.56 Å². The highest BCUT2D eigenvalue weighted by Gasteiger charge is 2.04. The fourth-order valence-electron chi connectivity index (χ4n) is 1.33. The van der Waals surface area contributed by atoms with Crippen molar-refractivity contribution in [2.24, 2.45) is 4.99 Å². The van der Waals surface area contributed by atoms with Crippen molar-refractivity contribution >= 4 is 11.6 Å². The molecule has 0 unspecified atom stereocenters. The summed E-state index contributed by atoms with van der Waals surface area (Å²) < 4.78 is 0. The Morgan fingerprint density at radius 2 is 2.00 bits per heavy atom. The highest BCUT2D eigenvalue weighted by Crippen LogP contribution is 2.13. The Bertz CT molecular complexity index is 323. The fraction of sp³-hybridized carbons (Fsp3) is 0.300. The predicted molar refractivity (Wildman–Crippen MR) is 54.3 cm³/mol. The van der Waals surface area contributed by atoms with Crippen LogP contribution in [0.2, 0.25) is 0 Å². The van der Waals surface area contributed by atoms with Crippen LogP contribution in [-0.2, 0) is 0 Å². The number of hydrogen-bond donors (Lipinski definition) is 2. The Hall–Kier alpha value is -1.51. The van der Waals surface area contributed by atoms with Crippen LogP contribution in [-0.4, -0.2) is 19.0 Å². The van der Waals surface area contributed by atoms with Gasteiger partial charge in [0.25, 0.3) is 0 Å². The van der Waals surface area contributed by atoms with E-state index in [0.717, 1.165) is 24.7 Å². The van der Waals surface area contributed by atoms with Crippen LogP contribution in [0.25, 0.3) is 0 Å². The van der Waals surface area contributed by atoms with Crippen LogP contribution >= 0.6 is 0 Å². The van der Waals surface area contributed by atoms with Gasteiger partial charge in [0.2, 0.25) is 0 Å². The third-order valence-corrected chi connectivity index (χ3v) is 1.95. The van der Waals surface area contributed by atoms with Crippen molar-refractivity contribution < 1.29 is 0 Å². The Labute approximate surface area is 77.9 Å². The van der Waals surface area contributed by atoms with Crippen molar-refractivity contribution in [3.8, 4) is 0 Å². The summed E-state index contributed by atoms with van der Waals surface area (Å²) in [6, 6.07) is 8.15. The van der Waals surface area contributed by atoms with Gasteiger partial charge in [0, 0.05) is 13.1 Å². The summed E-state index contributed by atoms with van der Waals surface area (Å²) in [5.74, 6) is 0.880. The van der Waals surface area contributed by atoms with Crippen molar-refractivity contribution in [3.63, 3.8) is 0 Å². The average Bonchev–Trinajstić information content (AvgIpc) is 2.57. The molecular formula is C10H13N3. The number of nitrogens with zero attached hydrogens (tertiary/aromatic N) is 1. The summed E-state index contributed by atoms with van der Waals surface area (Å²) in [6.07, 6.45) is 0. The van der Waals surface area contributed by atoms with Gasteiger partial charge in [-0.15, -0.1) is 0 Å². The van der Waals surface area contributed by atoms with Crippen LogP contribution in [0, 0.1) is 6.92 Å². The second-order valence-corrected chi connectivity index (χ2v) is 3.15. The molecule has 0 atom stereocenters. The average molecular weight is 175 g/mol.